The SMILES string of the molecule is O=C(N[C@@H]1CC[C@H](C(=O)O)C1)C1CCN(c2cc(Cl)ccc2Cl)C1=O. The van der Waals surface area contributed by atoms with E-state index < -0.39 is 17.8 Å². The first-order valence-corrected chi connectivity index (χ1v) is 8.92. The lowest BCUT2D eigenvalue weighted by atomic mass is 10.1. The first-order valence-electron chi connectivity index (χ1n) is 8.16. The van der Waals surface area contributed by atoms with Gasteiger partial charge < -0.3 is 15.3 Å². The quantitative estimate of drug-likeness (QED) is 0.781. The van der Waals surface area contributed by atoms with E-state index in [4.69, 9.17) is 28.3 Å². The number of hydrogen-bond donors (Lipinski definition) is 2. The molecule has 1 aliphatic carbocycles. The Hall–Kier alpha value is -1.79. The molecule has 2 aliphatic rings. The Bertz CT molecular complexity index is 725. The highest BCUT2D eigenvalue weighted by Crippen LogP contribution is 2.34. The van der Waals surface area contributed by atoms with Crippen molar-refractivity contribution in [3.05, 3.63) is 28.2 Å². The zero-order valence-electron chi connectivity index (χ0n) is 13.4. The molecule has 3 rings (SSSR count). The topological polar surface area (TPSA) is 86.7 Å². The summed E-state index contributed by atoms with van der Waals surface area (Å²) in [5, 5.41) is 12.7. The summed E-state index contributed by atoms with van der Waals surface area (Å²) < 4.78 is 0. The standard InChI is InChI=1S/C17H18Cl2N2O4/c18-10-2-4-13(19)14(8-10)21-6-5-12(16(21)23)15(22)20-11-3-1-9(7-11)17(24)25/h2,4,8-9,11-12H,1,3,5-7H2,(H,20,22)(H,24,25)/t9-,11+,12?/m0/s1. The van der Waals surface area contributed by atoms with Crippen molar-refractivity contribution in [1.82, 2.24) is 5.32 Å². The Kier molecular flexibility index (Phi) is 5.20. The van der Waals surface area contributed by atoms with Crippen molar-refractivity contribution >= 4 is 46.7 Å². The summed E-state index contributed by atoms with van der Waals surface area (Å²) in [6, 6.07) is 4.67. The predicted octanol–water partition coefficient (Wildman–Crippen LogP) is 2.72. The average molecular weight is 385 g/mol. The fourth-order valence-electron chi connectivity index (χ4n) is 3.49. The van der Waals surface area contributed by atoms with Gasteiger partial charge in [0, 0.05) is 17.6 Å². The summed E-state index contributed by atoms with van der Waals surface area (Å²) in [5.74, 6) is -2.70. The van der Waals surface area contributed by atoms with Gasteiger partial charge in [0.15, 0.2) is 0 Å². The van der Waals surface area contributed by atoms with Crippen molar-refractivity contribution < 1.29 is 19.5 Å². The number of aliphatic carboxylic acids is 1. The van der Waals surface area contributed by atoms with Crippen LogP contribution in [0.4, 0.5) is 5.69 Å². The molecule has 1 saturated carbocycles. The first kappa shape index (κ1) is 18.0. The first-order chi connectivity index (χ1) is 11.9. The van der Waals surface area contributed by atoms with Crippen LogP contribution in [-0.4, -0.2) is 35.5 Å². The maximum atomic E-state index is 12.6. The maximum Gasteiger partial charge on any atom is 0.306 e. The van der Waals surface area contributed by atoms with E-state index in [1.54, 1.807) is 18.2 Å². The number of nitrogens with zero attached hydrogens (tertiary/aromatic N) is 1. The summed E-state index contributed by atoms with van der Waals surface area (Å²) in [6.07, 6.45) is 1.96. The molecule has 134 valence electrons. The molecule has 0 aromatic heterocycles. The van der Waals surface area contributed by atoms with E-state index in [9.17, 15) is 14.4 Å². The van der Waals surface area contributed by atoms with Gasteiger partial charge in [-0.15, -0.1) is 0 Å². The molecule has 3 atom stereocenters. The minimum atomic E-state index is -0.838. The van der Waals surface area contributed by atoms with Gasteiger partial charge in [-0.25, -0.2) is 0 Å². The van der Waals surface area contributed by atoms with Crippen molar-refractivity contribution in [2.45, 2.75) is 31.7 Å². The minimum Gasteiger partial charge on any atom is -0.481 e. The Balaban J connectivity index is 1.65. The second kappa shape index (κ2) is 7.22. The number of carboxylic acid groups (broad SMARTS) is 1. The monoisotopic (exact) mass is 384 g/mol. The fourth-order valence-corrected chi connectivity index (χ4v) is 3.88. The van der Waals surface area contributed by atoms with Crippen LogP contribution in [0.5, 0.6) is 0 Å². The second-order valence-electron chi connectivity index (χ2n) is 6.48. The normalized spacial score (nSPS) is 26.1. The Morgan fingerprint density at radius 2 is 1.96 bits per heavy atom. The number of carbonyl (C=O) groups excluding carboxylic acids is 2. The molecule has 2 N–H and O–H groups in total. The molecule has 2 amide bonds. The Morgan fingerprint density at radius 3 is 2.64 bits per heavy atom. The van der Waals surface area contributed by atoms with Crippen LogP contribution in [0, 0.1) is 11.8 Å². The zero-order chi connectivity index (χ0) is 18.1. The summed E-state index contributed by atoms with van der Waals surface area (Å²) in [6.45, 7) is 0.388. The van der Waals surface area contributed by atoms with Gasteiger partial charge in [-0.3, -0.25) is 14.4 Å². The smallest absolute Gasteiger partial charge is 0.306 e. The molecule has 25 heavy (non-hydrogen) atoms. The molecule has 1 aliphatic heterocycles. The summed E-state index contributed by atoms with van der Waals surface area (Å²) in [7, 11) is 0. The third kappa shape index (κ3) is 3.75. The van der Waals surface area contributed by atoms with Crippen molar-refractivity contribution in [2.75, 3.05) is 11.4 Å². The van der Waals surface area contributed by atoms with Crippen LogP contribution in [0.15, 0.2) is 18.2 Å². The van der Waals surface area contributed by atoms with Crippen molar-refractivity contribution in [3.63, 3.8) is 0 Å². The molecular weight excluding hydrogens is 367 g/mol. The highest BCUT2D eigenvalue weighted by Gasteiger charge is 2.40. The molecule has 0 bridgehead atoms. The lowest BCUT2D eigenvalue weighted by molar-refractivity contribution is -0.142. The van der Waals surface area contributed by atoms with E-state index >= 15 is 0 Å². The fraction of sp³-hybridized carbons (Fsp3) is 0.471. The zero-order valence-corrected chi connectivity index (χ0v) is 14.9. The molecule has 1 aromatic rings. The lowest BCUT2D eigenvalue weighted by Crippen LogP contribution is -2.41. The molecule has 6 nitrogen and oxygen atoms in total. The van der Waals surface area contributed by atoms with Crippen LogP contribution in [-0.2, 0) is 14.4 Å². The third-order valence-electron chi connectivity index (χ3n) is 4.85. The molecule has 0 radical (unpaired) electrons. The Morgan fingerprint density at radius 1 is 1.20 bits per heavy atom. The molecule has 8 heteroatoms. The summed E-state index contributed by atoms with van der Waals surface area (Å²) in [5.41, 5.74) is 0.501. The number of carbonyl (C=O) groups is 3. The van der Waals surface area contributed by atoms with Gasteiger partial charge in [0.2, 0.25) is 11.8 Å². The van der Waals surface area contributed by atoms with Crippen LogP contribution in [0.3, 0.4) is 0 Å². The van der Waals surface area contributed by atoms with E-state index in [1.807, 2.05) is 0 Å². The molecule has 1 saturated heterocycles. The maximum absolute atomic E-state index is 12.6. The van der Waals surface area contributed by atoms with Crippen molar-refractivity contribution in [3.8, 4) is 0 Å². The number of amides is 2. The van der Waals surface area contributed by atoms with E-state index in [2.05, 4.69) is 5.32 Å². The van der Waals surface area contributed by atoms with E-state index in [-0.39, 0.29) is 17.9 Å². The number of hydrogen-bond acceptors (Lipinski definition) is 3. The molecule has 1 unspecified atom stereocenters. The average Bonchev–Trinajstić information content (AvgIpc) is 3.16. The van der Waals surface area contributed by atoms with Gasteiger partial charge >= 0.3 is 5.97 Å². The lowest BCUT2D eigenvalue weighted by Gasteiger charge is -2.19. The third-order valence-corrected chi connectivity index (χ3v) is 5.40. The second-order valence-corrected chi connectivity index (χ2v) is 7.32. The number of benzene rings is 1. The van der Waals surface area contributed by atoms with Crippen LogP contribution in [0.2, 0.25) is 10.0 Å². The summed E-state index contributed by atoms with van der Waals surface area (Å²) in [4.78, 5) is 37.6. The van der Waals surface area contributed by atoms with Crippen molar-refractivity contribution in [1.29, 1.82) is 0 Å². The molecule has 2 fully saturated rings. The van der Waals surface area contributed by atoms with Gasteiger partial charge in [-0.05, 0) is 43.9 Å². The number of rotatable bonds is 4. The number of nitrogens with one attached hydrogen (secondary N) is 1. The van der Waals surface area contributed by atoms with Crippen LogP contribution < -0.4 is 10.2 Å². The number of carboxylic acids is 1. The van der Waals surface area contributed by atoms with Crippen LogP contribution in [0.1, 0.15) is 25.7 Å². The van der Waals surface area contributed by atoms with Gasteiger partial charge in [0.1, 0.15) is 5.92 Å². The largest absolute Gasteiger partial charge is 0.481 e. The van der Waals surface area contributed by atoms with E-state index in [0.29, 0.717) is 48.0 Å². The van der Waals surface area contributed by atoms with E-state index in [0.717, 1.165) is 0 Å². The molecule has 1 aromatic carbocycles. The van der Waals surface area contributed by atoms with Gasteiger partial charge in [-0.1, -0.05) is 23.2 Å². The van der Waals surface area contributed by atoms with Gasteiger partial charge in [0.05, 0.1) is 16.6 Å². The minimum absolute atomic E-state index is 0.190. The van der Waals surface area contributed by atoms with Crippen molar-refractivity contribution in [2.24, 2.45) is 11.8 Å². The Labute approximate surface area is 155 Å². The number of anilines is 1. The highest BCUT2D eigenvalue weighted by atomic mass is 35.5. The van der Waals surface area contributed by atoms with Gasteiger partial charge in [0.25, 0.3) is 0 Å². The predicted molar refractivity (Wildman–Crippen MR) is 93.8 cm³/mol. The molecular formula is C17H18Cl2N2O4. The summed E-state index contributed by atoms with van der Waals surface area (Å²) >= 11 is 12.1. The molecule has 0 spiro atoms. The highest BCUT2D eigenvalue weighted by molar-refractivity contribution is 6.36. The van der Waals surface area contributed by atoms with Crippen LogP contribution >= 0.6 is 23.2 Å². The van der Waals surface area contributed by atoms with Gasteiger partial charge in [-0.2, -0.15) is 0 Å². The number of halogens is 2. The van der Waals surface area contributed by atoms with Crippen LogP contribution in [0.25, 0.3) is 0 Å². The van der Waals surface area contributed by atoms with E-state index in [1.165, 1.54) is 4.90 Å². The molecule has 1 heterocycles.